The Labute approximate surface area is 198 Å². The van der Waals surface area contributed by atoms with Gasteiger partial charge in [0.1, 0.15) is 30.0 Å². The maximum absolute atomic E-state index is 9.07. The van der Waals surface area contributed by atoms with E-state index in [4.69, 9.17) is 24.6 Å². The van der Waals surface area contributed by atoms with Crippen LogP contribution in [-0.4, -0.2) is 21.4 Å². The van der Waals surface area contributed by atoms with Crippen LogP contribution in [0.5, 0.6) is 17.2 Å². The fourth-order valence-electron chi connectivity index (χ4n) is 3.83. The van der Waals surface area contributed by atoms with Crippen molar-refractivity contribution in [2.24, 2.45) is 0 Å². The zero-order valence-corrected chi connectivity index (χ0v) is 18.6. The summed E-state index contributed by atoms with van der Waals surface area (Å²) in [6.45, 7) is 1.10. The number of pyridine rings is 1. The molecule has 1 atom stereocenters. The van der Waals surface area contributed by atoms with E-state index in [0.29, 0.717) is 29.4 Å². The molecule has 4 aromatic rings. The summed E-state index contributed by atoms with van der Waals surface area (Å²) in [4.78, 5) is 4.31. The SMILES string of the molecule is N#Cc1ccc(Oc2cn(C3CCCCO3)nc2-c2cccc(OCc3ccccn3)c2)cc1. The predicted molar refractivity (Wildman–Crippen MR) is 126 cm³/mol. The fourth-order valence-corrected chi connectivity index (χ4v) is 3.83. The molecule has 0 bridgehead atoms. The zero-order valence-electron chi connectivity index (χ0n) is 18.6. The van der Waals surface area contributed by atoms with E-state index in [9.17, 15) is 0 Å². The molecule has 1 fully saturated rings. The van der Waals surface area contributed by atoms with Gasteiger partial charge in [-0.3, -0.25) is 4.98 Å². The summed E-state index contributed by atoms with van der Waals surface area (Å²) in [5.41, 5.74) is 3.01. The minimum absolute atomic E-state index is 0.116. The molecular formula is C27H24N4O3. The van der Waals surface area contributed by atoms with Crippen LogP contribution in [0.2, 0.25) is 0 Å². The van der Waals surface area contributed by atoms with Crippen LogP contribution in [0.4, 0.5) is 0 Å². The average Bonchev–Trinajstić information content (AvgIpc) is 3.33. The van der Waals surface area contributed by atoms with Crippen molar-refractivity contribution in [1.29, 1.82) is 5.26 Å². The number of hydrogen-bond acceptors (Lipinski definition) is 6. The first-order valence-electron chi connectivity index (χ1n) is 11.3. The maximum atomic E-state index is 9.07. The fraction of sp³-hybridized carbons (Fsp3) is 0.222. The molecule has 170 valence electrons. The van der Waals surface area contributed by atoms with E-state index >= 15 is 0 Å². The van der Waals surface area contributed by atoms with Crippen molar-refractivity contribution in [2.45, 2.75) is 32.1 Å². The topological polar surface area (TPSA) is 82.2 Å². The van der Waals surface area contributed by atoms with Crippen LogP contribution in [-0.2, 0) is 11.3 Å². The minimum Gasteiger partial charge on any atom is -0.487 e. The van der Waals surface area contributed by atoms with Crippen molar-refractivity contribution in [3.05, 3.63) is 90.4 Å². The van der Waals surface area contributed by atoms with Gasteiger partial charge in [0.15, 0.2) is 5.75 Å². The van der Waals surface area contributed by atoms with Gasteiger partial charge in [0, 0.05) is 18.4 Å². The maximum Gasteiger partial charge on any atom is 0.173 e. The molecule has 0 aliphatic carbocycles. The molecule has 2 aromatic heterocycles. The molecule has 1 unspecified atom stereocenters. The summed E-state index contributed by atoms with van der Waals surface area (Å²) < 4.78 is 20.0. The Morgan fingerprint density at radius 3 is 2.71 bits per heavy atom. The Morgan fingerprint density at radius 2 is 1.94 bits per heavy atom. The molecular weight excluding hydrogens is 428 g/mol. The molecule has 1 aliphatic heterocycles. The lowest BCUT2D eigenvalue weighted by Crippen LogP contribution is -2.18. The lowest BCUT2D eigenvalue weighted by Gasteiger charge is -2.22. The van der Waals surface area contributed by atoms with E-state index in [2.05, 4.69) is 11.1 Å². The van der Waals surface area contributed by atoms with E-state index in [1.165, 1.54) is 0 Å². The molecule has 5 rings (SSSR count). The second-order valence-electron chi connectivity index (χ2n) is 8.02. The molecule has 0 N–H and O–H groups in total. The molecule has 1 aliphatic rings. The average molecular weight is 453 g/mol. The van der Waals surface area contributed by atoms with E-state index in [1.54, 1.807) is 30.5 Å². The number of aromatic nitrogens is 3. The lowest BCUT2D eigenvalue weighted by molar-refractivity contribution is -0.0394. The highest BCUT2D eigenvalue weighted by Gasteiger charge is 2.21. The third-order valence-electron chi connectivity index (χ3n) is 5.58. The van der Waals surface area contributed by atoms with Gasteiger partial charge in [0.05, 0.1) is 23.5 Å². The highest BCUT2D eigenvalue weighted by Crippen LogP contribution is 2.36. The largest absolute Gasteiger partial charge is 0.487 e. The van der Waals surface area contributed by atoms with Gasteiger partial charge >= 0.3 is 0 Å². The molecule has 3 heterocycles. The van der Waals surface area contributed by atoms with Gasteiger partial charge in [-0.1, -0.05) is 18.2 Å². The standard InChI is InChI=1S/C27H24N4O3/c28-17-20-10-12-23(13-11-20)34-25-18-31(26-9-2-4-15-32-26)30-27(25)21-6-5-8-24(16-21)33-19-22-7-1-3-14-29-22/h1,3,5-8,10-14,16,18,26H,2,4,9,15,19H2. The van der Waals surface area contributed by atoms with Crippen LogP contribution in [0.3, 0.4) is 0 Å². The van der Waals surface area contributed by atoms with Crippen molar-refractivity contribution in [1.82, 2.24) is 14.8 Å². The highest BCUT2D eigenvalue weighted by atomic mass is 16.5. The van der Waals surface area contributed by atoms with Crippen LogP contribution >= 0.6 is 0 Å². The molecule has 0 radical (unpaired) electrons. The second-order valence-corrected chi connectivity index (χ2v) is 8.02. The van der Waals surface area contributed by atoms with Crippen LogP contribution < -0.4 is 9.47 Å². The molecule has 7 heteroatoms. The highest BCUT2D eigenvalue weighted by molar-refractivity contribution is 5.68. The molecule has 34 heavy (non-hydrogen) atoms. The Morgan fingerprint density at radius 1 is 1.03 bits per heavy atom. The van der Waals surface area contributed by atoms with Crippen LogP contribution in [0.15, 0.2) is 79.1 Å². The first kappa shape index (κ1) is 21.7. The van der Waals surface area contributed by atoms with E-state index < -0.39 is 0 Å². The van der Waals surface area contributed by atoms with Crippen molar-refractivity contribution in [3.8, 4) is 34.6 Å². The summed E-state index contributed by atoms with van der Waals surface area (Å²) in [5, 5.41) is 13.9. The lowest BCUT2D eigenvalue weighted by atomic mass is 10.1. The van der Waals surface area contributed by atoms with Gasteiger partial charge < -0.3 is 14.2 Å². The molecule has 0 saturated carbocycles. The van der Waals surface area contributed by atoms with Gasteiger partial charge in [-0.25, -0.2) is 4.68 Å². The van der Waals surface area contributed by atoms with Crippen LogP contribution in [0.1, 0.15) is 36.7 Å². The summed E-state index contributed by atoms with van der Waals surface area (Å²) >= 11 is 0. The Balaban J connectivity index is 1.43. The van der Waals surface area contributed by atoms with Crippen molar-refractivity contribution in [2.75, 3.05) is 6.61 Å². The summed E-state index contributed by atoms with van der Waals surface area (Å²) in [5.74, 6) is 1.96. The van der Waals surface area contributed by atoms with Gasteiger partial charge in [-0.2, -0.15) is 10.4 Å². The Bertz CT molecular complexity index is 1270. The van der Waals surface area contributed by atoms with Gasteiger partial charge in [0.2, 0.25) is 0 Å². The van der Waals surface area contributed by atoms with Gasteiger partial charge in [-0.05, 0) is 67.8 Å². The van der Waals surface area contributed by atoms with Gasteiger partial charge in [0.25, 0.3) is 0 Å². The molecule has 0 amide bonds. The summed E-state index contributed by atoms with van der Waals surface area (Å²) in [6, 6.07) is 22.7. The predicted octanol–water partition coefficient (Wildman–Crippen LogP) is 5.89. The first-order chi connectivity index (χ1) is 16.8. The van der Waals surface area contributed by atoms with Crippen LogP contribution in [0, 0.1) is 11.3 Å². The smallest absolute Gasteiger partial charge is 0.173 e. The van der Waals surface area contributed by atoms with Crippen molar-refractivity contribution < 1.29 is 14.2 Å². The first-order valence-corrected chi connectivity index (χ1v) is 11.3. The zero-order chi connectivity index (χ0) is 23.2. The molecule has 0 spiro atoms. The number of nitriles is 1. The number of hydrogen-bond donors (Lipinski definition) is 0. The van der Waals surface area contributed by atoms with E-state index in [-0.39, 0.29) is 6.23 Å². The van der Waals surface area contributed by atoms with Crippen LogP contribution in [0.25, 0.3) is 11.3 Å². The quantitative estimate of drug-likeness (QED) is 0.348. The third kappa shape index (κ3) is 5.08. The van der Waals surface area contributed by atoms with Gasteiger partial charge in [-0.15, -0.1) is 0 Å². The Hall–Kier alpha value is -4.15. The minimum atomic E-state index is -0.116. The second kappa shape index (κ2) is 10.2. The van der Waals surface area contributed by atoms with Crippen molar-refractivity contribution >= 4 is 0 Å². The van der Waals surface area contributed by atoms with E-state index in [1.807, 2.05) is 53.3 Å². The number of nitrogens with zero attached hydrogens (tertiary/aromatic N) is 4. The summed E-state index contributed by atoms with van der Waals surface area (Å²) in [6.07, 6.45) is 6.59. The third-order valence-corrected chi connectivity index (χ3v) is 5.58. The number of rotatable bonds is 7. The molecule has 7 nitrogen and oxygen atoms in total. The molecule has 1 saturated heterocycles. The monoisotopic (exact) mass is 452 g/mol. The number of benzene rings is 2. The number of ether oxygens (including phenoxy) is 3. The normalized spacial score (nSPS) is 15.4. The van der Waals surface area contributed by atoms with Crippen molar-refractivity contribution in [3.63, 3.8) is 0 Å². The summed E-state index contributed by atoms with van der Waals surface area (Å²) in [7, 11) is 0. The molecule has 2 aromatic carbocycles. The van der Waals surface area contributed by atoms with E-state index in [0.717, 1.165) is 42.9 Å². The Kier molecular flexibility index (Phi) is 6.50.